The second kappa shape index (κ2) is 8.86. The summed E-state index contributed by atoms with van der Waals surface area (Å²) in [6.45, 7) is 8.85. The van der Waals surface area contributed by atoms with Crippen LogP contribution >= 0.6 is 0 Å². The van der Waals surface area contributed by atoms with Crippen LogP contribution in [0.5, 0.6) is 5.75 Å². The van der Waals surface area contributed by atoms with Gasteiger partial charge in [-0.25, -0.2) is 0 Å². The van der Waals surface area contributed by atoms with Gasteiger partial charge in [0.05, 0.1) is 0 Å². The van der Waals surface area contributed by atoms with Crippen molar-refractivity contribution >= 4 is 0 Å². The average molecular weight is 326 g/mol. The quantitative estimate of drug-likeness (QED) is 0.796. The molecule has 2 aromatic carbocycles. The van der Waals surface area contributed by atoms with Crippen molar-refractivity contribution in [1.82, 2.24) is 10.2 Å². The summed E-state index contributed by atoms with van der Waals surface area (Å²) in [5.74, 6) is 1.01. The zero-order valence-corrected chi connectivity index (χ0v) is 15.6. The van der Waals surface area contributed by atoms with Crippen molar-refractivity contribution in [2.75, 3.05) is 20.7 Å². The number of nitrogens with one attached hydrogen (secondary N) is 1. The second-order valence-corrected chi connectivity index (χ2v) is 6.87. The van der Waals surface area contributed by atoms with Crippen LogP contribution in [0.3, 0.4) is 0 Å². The molecular formula is C21H30N2O. The molecule has 0 saturated carbocycles. The van der Waals surface area contributed by atoms with Gasteiger partial charge in [0.1, 0.15) is 12.4 Å². The molecule has 0 fully saturated rings. The Morgan fingerprint density at radius 2 is 1.62 bits per heavy atom. The van der Waals surface area contributed by atoms with Crippen LogP contribution < -0.4 is 10.1 Å². The van der Waals surface area contributed by atoms with Gasteiger partial charge in [-0.05, 0) is 57.1 Å². The third-order valence-corrected chi connectivity index (χ3v) is 4.03. The van der Waals surface area contributed by atoms with Gasteiger partial charge >= 0.3 is 0 Å². The largest absolute Gasteiger partial charge is 0.491 e. The molecule has 1 atom stereocenters. The fraction of sp³-hybridized carbons (Fsp3) is 0.429. The number of para-hydroxylation sites is 1. The van der Waals surface area contributed by atoms with E-state index in [4.69, 9.17) is 4.74 Å². The normalized spacial score (nSPS) is 12.4. The molecule has 3 heteroatoms. The lowest BCUT2D eigenvalue weighted by atomic mass is 10.1. The minimum Gasteiger partial charge on any atom is -0.491 e. The highest BCUT2D eigenvalue weighted by molar-refractivity contribution is 5.39. The van der Waals surface area contributed by atoms with Crippen LogP contribution in [-0.4, -0.2) is 31.6 Å². The summed E-state index contributed by atoms with van der Waals surface area (Å²) in [7, 11) is 4.19. The summed E-state index contributed by atoms with van der Waals surface area (Å²) in [6.07, 6.45) is 0. The monoisotopic (exact) mass is 326 g/mol. The maximum absolute atomic E-state index is 6.02. The Morgan fingerprint density at radius 3 is 2.29 bits per heavy atom. The zero-order valence-electron chi connectivity index (χ0n) is 15.6. The van der Waals surface area contributed by atoms with Crippen molar-refractivity contribution in [3.05, 3.63) is 64.7 Å². The molecule has 0 spiro atoms. The summed E-state index contributed by atoms with van der Waals surface area (Å²) < 4.78 is 6.02. The highest BCUT2D eigenvalue weighted by Gasteiger charge is 2.07. The summed E-state index contributed by atoms with van der Waals surface area (Å²) in [6, 6.07) is 15.3. The second-order valence-electron chi connectivity index (χ2n) is 6.87. The van der Waals surface area contributed by atoms with Crippen LogP contribution in [0.1, 0.15) is 29.2 Å². The van der Waals surface area contributed by atoms with Crippen molar-refractivity contribution in [3.8, 4) is 5.75 Å². The molecule has 2 rings (SSSR count). The first-order valence-corrected chi connectivity index (χ1v) is 8.60. The Hall–Kier alpha value is -1.84. The lowest BCUT2D eigenvalue weighted by Gasteiger charge is -2.18. The Kier molecular flexibility index (Phi) is 6.83. The summed E-state index contributed by atoms with van der Waals surface area (Å²) >= 11 is 0. The molecule has 0 aliphatic heterocycles. The highest BCUT2D eigenvalue weighted by Crippen LogP contribution is 2.22. The number of aryl methyl sites for hydroxylation is 2. The van der Waals surface area contributed by atoms with Gasteiger partial charge in [-0.15, -0.1) is 0 Å². The van der Waals surface area contributed by atoms with Gasteiger partial charge in [-0.1, -0.05) is 42.5 Å². The molecule has 0 heterocycles. The molecule has 0 saturated heterocycles. The predicted octanol–water partition coefficient (Wildman–Crippen LogP) is 3.92. The highest BCUT2D eigenvalue weighted by atomic mass is 16.5. The summed E-state index contributed by atoms with van der Waals surface area (Å²) in [5, 5.41) is 3.55. The lowest BCUT2D eigenvalue weighted by molar-refractivity contribution is 0.269. The molecule has 0 aromatic heterocycles. The van der Waals surface area contributed by atoms with Crippen molar-refractivity contribution < 1.29 is 4.74 Å². The minimum atomic E-state index is 0.293. The van der Waals surface area contributed by atoms with E-state index in [1.54, 1.807) is 0 Å². The van der Waals surface area contributed by atoms with E-state index in [1.807, 2.05) is 0 Å². The maximum Gasteiger partial charge on any atom is 0.125 e. The fourth-order valence-electron chi connectivity index (χ4n) is 2.79. The zero-order chi connectivity index (χ0) is 17.5. The Balaban J connectivity index is 1.84. The topological polar surface area (TPSA) is 24.5 Å². The van der Waals surface area contributed by atoms with Gasteiger partial charge in [0, 0.05) is 19.1 Å². The average Bonchev–Trinajstić information content (AvgIpc) is 2.52. The summed E-state index contributed by atoms with van der Waals surface area (Å²) in [5.41, 5.74) is 5.05. The van der Waals surface area contributed by atoms with Crippen molar-refractivity contribution in [2.24, 2.45) is 0 Å². The van der Waals surface area contributed by atoms with Crippen molar-refractivity contribution in [1.29, 1.82) is 0 Å². The maximum atomic E-state index is 6.02. The number of nitrogens with zero attached hydrogens (tertiary/aromatic N) is 1. The van der Waals surface area contributed by atoms with Gasteiger partial charge in [-0.2, -0.15) is 0 Å². The van der Waals surface area contributed by atoms with E-state index in [0.29, 0.717) is 12.6 Å². The van der Waals surface area contributed by atoms with E-state index in [0.717, 1.165) is 18.8 Å². The van der Waals surface area contributed by atoms with E-state index in [9.17, 15) is 0 Å². The van der Waals surface area contributed by atoms with E-state index in [1.165, 1.54) is 22.3 Å². The van der Waals surface area contributed by atoms with Crippen LogP contribution in [0.15, 0.2) is 42.5 Å². The first-order chi connectivity index (χ1) is 11.5. The van der Waals surface area contributed by atoms with E-state index < -0.39 is 0 Å². The Morgan fingerprint density at radius 1 is 1.00 bits per heavy atom. The van der Waals surface area contributed by atoms with Gasteiger partial charge in [0.2, 0.25) is 0 Å². The molecule has 0 aliphatic rings. The predicted molar refractivity (Wildman–Crippen MR) is 102 cm³/mol. The van der Waals surface area contributed by atoms with Gasteiger partial charge in [0.15, 0.2) is 0 Å². The lowest BCUT2D eigenvalue weighted by Crippen LogP contribution is -2.31. The minimum absolute atomic E-state index is 0.293. The van der Waals surface area contributed by atoms with Crippen LogP contribution in [0, 0.1) is 13.8 Å². The van der Waals surface area contributed by atoms with E-state index in [-0.39, 0.29) is 0 Å². The molecule has 1 N–H and O–H groups in total. The molecule has 0 aliphatic carbocycles. The molecule has 2 aromatic rings. The molecule has 130 valence electrons. The standard InChI is InChI=1S/C21H30N2O/c1-16-8-6-9-17(2)21(16)24-15-18(3)22-13-19-10-7-11-20(12-19)14-23(4)5/h6-12,18,22H,13-15H2,1-5H3/t18-/m0/s1. The van der Waals surface area contributed by atoms with Crippen LogP contribution in [-0.2, 0) is 13.1 Å². The molecule has 0 amide bonds. The first-order valence-electron chi connectivity index (χ1n) is 8.60. The van der Waals surface area contributed by atoms with Crippen molar-refractivity contribution in [2.45, 2.75) is 39.9 Å². The van der Waals surface area contributed by atoms with E-state index in [2.05, 4.69) is 87.5 Å². The SMILES string of the molecule is Cc1cccc(C)c1OC[C@H](C)NCc1cccc(CN(C)C)c1. The third kappa shape index (κ3) is 5.66. The summed E-state index contributed by atoms with van der Waals surface area (Å²) in [4.78, 5) is 2.19. The van der Waals surface area contributed by atoms with Crippen LogP contribution in [0.4, 0.5) is 0 Å². The Bertz CT molecular complexity index is 632. The molecule has 0 unspecified atom stereocenters. The molecule has 24 heavy (non-hydrogen) atoms. The first kappa shape index (κ1) is 18.5. The third-order valence-electron chi connectivity index (χ3n) is 4.03. The number of rotatable bonds is 8. The van der Waals surface area contributed by atoms with E-state index >= 15 is 0 Å². The van der Waals surface area contributed by atoms with Gasteiger partial charge in [-0.3, -0.25) is 0 Å². The van der Waals surface area contributed by atoms with Gasteiger partial charge in [0.25, 0.3) is 0 Å². The van der Waals surface area contributed by atoms with Crippen LogP contribution in [0.2, 0.25) is 0 Å². The number of ether oxygens (including phenoxy) is 1. The van der Waals surface area contributed by atoms with Gasteiger partial charge < -0.3 is 15.0 Å². The number of benzene rings is 2. The molecule has 0 bridgehead atoms. The molecule has 0 radical (unpaired) electrons. The fourth-order valence-corrected chi connectivity index (χ4v) is 2.79. The molecular weight excluding hydrogens is 296 g/mol. The number of hydrogen-bond donors (Lipinski definition) is 1. The molecule has 3 nitrogen and oxygen atoms in total. The van der Waals surface area contributed by atoms with Crippen LogP contribution in [0.25, 0.3) is 0 Å². The Labute approximate surface area is 146 Å². The smallest absolute Gasteiger partial charge is 0.125 e. The number of hydrogen-bond acceptors (Lipinski definition) is 3. The van der Waals surface area contributed by atoms with Crippen molar-refractivity contribution in [3.63, 3.8) is 0 Å².